The second-order valence-electron chi connectivity index (χ2n) is 6.27. The molecular formula is C23H18O4S. The lowest BCUT2D eigenvalue weighted by Crippen LogP contribution is -2.05. The molecule has 0 saturated carbocycles. The molecule has 1 heterocycles. The summed E-state index contributed by atoms with van der Waals surface area (Å²) in [4.78, 5) is 13.7. The zero-order chi connectivity index (χ0) is 19.5. The van der Waals surface area contributed by atoms with E-state index in [9.17, 15) is 9.00 Å². The Hall–Kier alpha value is -3.18. The molecular weight excluding hydrogens is 372 g/mol. The number of carbonyl (C=O) groups excluding carboxylic acids is 1. The first-order valence-corrected chi connectivity index (χ1v) is 10.1. The first-order chi connectivity index (χ1) is 13.7. The molecule has 0 aliphatic carbocycles. The van der Waals surface area contributed by atoms with Crippen molar-refractivity contribution >= 4 is 27.6 Å². The first kappa shape index (κ1) is 18.2. The van der Waals surface area contributed by atoms with E-state index in [2.05, 4.69) is 0 Å². The van der Waals surface area contributed by atoms with Crippen molar-refractivity contribution in [2.24, 2.45) is 0 Å². The highest BCUT2D eigenvalue weighted by molar-refractivity contribution is 7.84. The van der Waals surface area contributed by atoms with Crippen LogP contribution in [0.25, 0.3) is 11.0 Å². The SMILES string of the molecule is COc1ccc([S@](=O)Cc2c(C(=O)c3ccccc3)oc3ccccc23)cc1. The number of hydrogen-bond donors (Lipinski definition) is 0. The first-order valence-electron chi connectivity index (χ1n) is 8.80. The van der Waals surface area contributed by atoms with Crippen molar-refractivity contribution in [2.45, 2.75) is 10.6 Å². The molecule has 0 spiro atoms. The molecule has 1 aromatic heterocycles. The Labute approximate surface area is 165 Å². The number of methoxy groups -OCH3 is 1. The van der Waals surface area contributed by atoms with E-state index in [-0.39, 0.29) is 17.3 Å². The van der Waals surface area contributed by atoms with Crippen molar-refractivity contribution in [2.75, 3.05) is 7.11 Å². The lowest BCUT2D eigenvalue weighted by atomic mass is 10.0. The van der Waals surface area contributed by atoms with Crippen LogP contribution in [0.2, 0.25) is 0 Å². The lowest BCUT2D eigenvalue weighted by molar-refractivity contribution is 0.101. The molecule has 0 radical (unpaired) electrons. The van der Waals surface area contributed by atoms with Crippen LogP contribution < -0.4 is 4.74 Å². The van der Waals surface area contributed by atoms with Crippen molar-refractivity contribution in [1.29, 1.82) is 0 Å². The van der Waals surface area contributed by atoms with Gasteiger partial charge in [0.1, 0.15) is 11.3 Å². The molecule has 3 aromatic carbocycles. The zero-order valence-corrected chi connectivity index (χ0v) is 16.1. The van der Waals surface area contributed by atoms with Crippen molar-refractivity contribution in [3.8, 4) is 5.75 Å². The van der Waals surface area contributed by atoms with Crippen molar-refractivity contribution in [1.82, 2.24) is 0 Å². The average molecular weight is 390 g/mol. The zero-order valence-electron chi connectivity index (χ0n) is 15.3. The average Bonchev–Trinajstić information content (AvgIpc) is 3.12. The van der Waals surface area contributed by atoms with Crippen LogP contribution in [-0.2, 0) is 16.6 Å². The minimum Gasteiger partial charge on any atom is -0.497 e. The van der Waals surface area contributed by atoms with E-state index in [0.29, 0.717) is 27.4 Å². The van der Waals surface area contributed by atoms with Crippen LogP contribution in [0, 0.1) is 0 Å². The Kier molecular flexibility index (Phi) is 5.08. The molecule has 0 N–H and O–H groups in total. The second-order valence-corrected chi connectivity index (χ2v) is 7.72. The standard InChI is InChI=1S/C23H18O4S/c1-26-17-11-13-18(14-12-17)28(25)15-20-19-9-5-6-10-21(19)27-23(20)22(24)16-7-3-2-4-8-16/h2-14H,15H2,1H3/t28-/m1/s1. The molecule has 0 amide bonds. The highest BCUT2D eigenvalue weighted by Gasteiger charge is 2.23. The number of fused-ring (bicyclic) bond motifs is 1. The molecule has 28 heavy (non-hydrogen) atoms. The summed E-state index contributed by atoms with van der Waals surface area (Å²) < 4.78 is 24.0. The molecule has 1 atom stereocenters. The Balaban J connectivity index is 1.74. The maximum Gasteiger partial charge on any atom is 0.228 e. The molecule has 4 rings (SSSR count). The predicted octanol–water partition coefficient (Wildman–Crippen LogP) is 4.98. The van der Waals surface area contributed by atoms with Crippen molar-refractivity contribution < 1.29 is 18.2 Å². The van der Waals surface area contributed by atoms with E-state index in [1.807, 2.05) is 42.5 Å². The summed E-state index contributed by atoms with van der Waals surface area (Å²) in [6, 6.07) is 23.5. The summed E-state index contributed by atoms with van der Waals surface area (Å²) in [6.45, 7) is 0. The smallest absolute Gasteiger partial charge is 0.228 e. The van der Waals surface area contributed by atoms with Crippen LogP contribution in [0.5, 0.6) is 5.75 Å². The Morgan fingerprint density at radius 3 is 2.32 bits per heavy atom. The topological polar surface area (TPSA) is 56.5 Å². The summed E-state index contributed by atoms with van der Waals surface area (Å²) in [6.07, 6.45) is 0. The third-order valence-corrected chi connectivity index (χ3v) is 5.89. The van der Waals surface area contributed by atoms with E-state index in [1.54, 1.807) is 43.5 Å². The van der Waals surface area contributed by atoms with Gasteiger partial charge in [-0.2, -0.15) is 0 Å². The summed E-state index contributed by atoms with van der Waals surface area (Å²) >= 11 is 0. The van der Waals surface area contributed by atoms with Crippen LogP contribution in [0.3, 0.4) is 0 Å². The lowest BCUT2D eigenvalue weighted by Gasteiger charge is -2.05. The summed E-state index contributed by atoms with van der Waals surface area (Å²) in [5.74, 6) is 0.930. The number of ketones is 1. The van der Waals surface area contributed by atoms with Gasteiger partial charge in [0.25, 0.3) is 0 Å². The minimum absolute atomic E-state index is 0.192. The molecule has 0 unspecified atom stereocenters. The number of ether oxygens (including phenoxy) is 1. The van der Waals surface area contributed by atoms with Crippen LogP contribution >= 0.6 is 0 Å². The number of rotatable bonds is 6. The van der Waals surface area contributed by atoms with Crippen LogP contribution in [-0.4, -0.2) is 17.1 Å². The maximum atomic E-state index is 13.0. The van der Waals surface area contributed by atoms with E-state index in [0.717, 1.165) is 5.39 Å². The number of para-hydroxylation sites is 1. The monoisotopic (exact) mass is 390 g/mol. The van der Waals surface area contributed by atoms with Gasteiger partial charge >= 0.3 is 0 Å². The fraction of sp³-hybridized carbons (Fsp3) is 0.0870. The highest BCUT2D eigenvalue weighted by Crippen LogP contribution is 2.30. The third kappa shape index (κ3) is 3.49. The Bertz CT molecular complexity index is 1140. The number of carbonyl (C=O) groups is 1. The van der Waals surface area contributed by atoms with Crippen molar-refractivity contribution in [3.63, 3.8) is 0 Å². The number of furan rings is 1. The Morgan fingerprint density at radius 1 is 0.929 bits per heavy atom. The summed E-state index contributed by atoms with van der Waals surface area (Å²) in [5, 5.41) is 0.809. The molecule has 140 valence electrons. The van der Waals surface area contributed by atoms with Gasteiger partial charge in [-0.3, -0.25) is 9.00 Å². The largest absolute Gasteiger partial charge is 0.497 e. The van der Waals surface area contributed by atoms with Gasteiger partial charge in [-0.1, -0.05) is 48.5 Å². The van der Waals surface area contributed by atoms with E-state index in [4.69, 9.17) is 9.15 Å². The quantitative estimate of drug-likeness (QED) is 0.436. The normalized spacial score (nSPS) is 12.0. The van der Waals surface area contributed by atoms with Gasteiger partial charge in [0.05, 0.1) is 23.7 Å². The van der Waals surface area contributed by atoms with E-state index in [1.165, 1.54) is 0 Å². The van der Waals surface area contributed by atoms with Crippen LogP contribution in [0.15, 0.2) is 88.2 Å². The number of hydrogen-bond acceptors (Lipinski definition) is 4. The van der Waals surface area contributed by atoms with Crippen LogP contribution in [0.1, 0.15) is 21.7 Å². The molecule has 5 heteroatoms. The van der Waals surface area contributed by atoms with E-state index < -0.39 is 10.8 Å². The molecule has 0 saturated heterocycles. The highest BCUT2D eigenvalue weighted by atomic mass is 32.2. The summed E-state index contributed by atoms with van der Waals surface area (Å²) in [7, 11) is 0.258. The Morgan fingerprint density at radius 2 is 1.61 bits per heavy atom. The van der Waals surface area contributed by atoms with Gasteiger partial charge in [0.2, 0.25) is 5.78 Å². The minimum atomic E-state index is -1.33. The van der Waals surface area contributed by atoms with Gasteiger partial charge in [0, 0.05) is 21.4 Å². The van der Waals surface area contributed by atoms with E-state index >= 15 is 0 Å². The van der Waals surface area contributed by atoms with Gasteiger partial charge in [0.15, 0.2) is 5.76 Å². The molecule has 0 bridgehead atoms. The molecule has 4 aromatic rings. The van der Waals surface area contributed by atoms with Crippen molar-refractivity contribution in [3.05, 3.63) is 95.7 Å². The maximum absolute atomic E-state index is 13.0. The molecule has 4 nitrogen and oxygen atoms in total. The predicted molar refractivity (Wildman–Crippen MR) is 109 cm³/mol. The molecule has 0 aliphatic heterocycles. The second kappa shape index (κ2) is 7.82. The third-order valence-electron chi connectivity index (χ3n) is 4.54. The van der Waals surface area contributed by atoms with Gasteiger partial charge in [-0.05, 0) is 30.3 Å². The summed E-state index contributed by atoms with van der Waals surface area (Å²) in [5.41, 5.74) is 1.82. The molecule has 0 fully saturated rings. The fourth-order valence-corrected chi connectivity index (χ4v) is 4.24. The molecule has 0 aliphatic rings. The van der Waals surface area contributed by atoms with Crippen LogP contribution in [0.4, 0.5) is 0 Å². The van der Waals surface area contributed by atoms with Gasteiger partial charge in [-0.15, -0.1) is 0 Å². The van der Waals surface area contributed by atoms with Gasteiger partial charge < -0.3 is 9.15 Å². The number of benzene rings is 3. The fourth-order valence-electron chi connectivity index (χ4n) is 3.09. The van der Waals surface area contributed by atoms with Gasteiger partial charge in [-0.25, -0.2) is 0 Å².